The van der Waals surface area contributed by atoms with Crippen LogP contribution in [0.3, 0.4) is 0 Å². The van der Waals surface area contributed by atoms with Crippen molar-refractivity contribution in [2.75, 3.05) is 25.0 Å². The second kappa shape index (κ2) is 6.24. The van der Waals surface area contributed by atoms with E-state index in [4.69, 9.17) is 5.73 Å². The summed E-state index contributed by atoms with van der Waals surface area (Å²) in [5.41, 5.74) is 9.83. The fourth-order valence-electron chi connectivity index (χ4n) is 3.12. The summed E-state index contributed by atoms with van der Waals surface area (Å²) < 4.78 is 0. The number of hydrogen-bond donors (Lipinski definition) is 1. The minimum absolute atomic E-state index is 0.730. The quantitative estimate of drug-likeness (QED) is 0.865. The molecular formula is C16H26N2. The Kier molecular flexibility index (Phi) is 4.65. The van der Waals surface area contributed by atoms with Gasteiger partial charge in [0, 0.05) is 19.3 Å². The van der Waals surface area contributed by atoms with E-state index < -0.39 is 0 Å². The van der Waals surface area contributed by atoms with Gasteiger partial charge in [0.1, 0.15) is 0 Å². The molecule has 1 saturated carbocycles. The van der Waals surface area contributed by atoms with Crippen molar-refractivity contribution in [1.29, 1.82) is 0 Å². The molecule has 2 N–H and O–H groups in total. The van der Waals surface area contributed by atoms with Crippen molar-refractivity contribution in [2.45, 2.75) is 39.0 Å². The minimum Gasteiger partial charge on any atom is -0.374 e. The van der Waals surface area contributed by atoms with Crippen LogP contribution in [0, 0.1) is 12.8 Å². The number of nitrogens with two attached hydrogens (primary N) is 1. The van der Waals surface area contributed by atoms with Gasteiger partial charge in [-0.25, -0.2) is 0 Å². The van der Waals surface area contributed by atoms with Crippen LogP contribution in [-0.4, -0.2) is 20.1 Å². The van der Waals surface area contributed by atoms with Gasteiger partial charge in [0.05, 0.1) is 0 Å². The van der Waals surface area contributed by atoms with Crippen molar-refractivity contribution >= 4 is 5.69 Å². The zero-order valence-electron chi connectivity index (χ0n) is 11.8. The molecule has 1 aliphatic carbocycles. The van der Waals surface area contributed by atoms with Gasteiger partial charge in [-0.3, -0.25) is 0 Å². The van der Waals surface area contributed by atoms with E-state index in [9.17, 15) is 0 Å². The molecule has 2 nitrogen and oxygen atoms in total. The molecule has 0 spiro atoms. The van der Waals surface area contributed by atoms with E-state index in [1.54, 1.807) is 0 Å². The SMILES string of the molecule is Cc1ccc(N(C)CC2CCCC2)c(CCN)c1. The Bertz CT molecular complexity index is 381. The highest BCUT2D eigenvalue weighted by molar-refractivity contribution is 5.54. The normalized spacial score (nSPS) is 16.2. The summed E-state index contributed by atoms with van der Waals surface area (Å²) in [6, 6.07) is 6.75. The zero-order valence-corrected chi connectivity index (χ0v) is 11.8. The lowest BCUT2D eigenvalue weighted by Crippen LogP contribution is -2.25. The van der Waals surface area contributed by atoms with Crippen LogP contribution < -0.4 is 10.6 Å². The first-order valence-electron chi connectivity index (χ1n) is 7.21. The molecule has 2 heteroatoms. The van der Waals surface area contributed by atoms with Crippen molar-refractivity contribution in [3.8, 4) is 0 Å². The molecule has 0 atom stereocenters. The lowest BCUT2D eigenvalue weighted by Gasteiger charge is -2.26. The molecule has 0 aliphatic heterocycles. The molecule has 2 rings (SSSR count). The highest BCUT2D eigenvalue weighted by Crippen LogP contribution is 2.28. The van der Waals surface area contributed by atoms with E-state index in [0.717, 1.165) is 18.9 Å². The summed E-state index contributed by atoms with van der Waals surface area (Å²) >= 11 is 0. The van der Waals surface area contributed by atoms with Gasteiger partial charge in [0.2, 0.25) is 0 Å². The Morgan fingerprint density at radius 1 is 1.28 bits per heavy atom. The first-order chi connectivity index (χ1) is 8.70. The van der Waals surface area contributed by atoms with E-state index in [1.165, 1.54) is 49.0 Å². The van der Waals surface area contributed by atoms with E-state index >= 15 is 0 Å². The van der Waals surface area contributed by atoms with Crippen molar-refractivity contribution in [3.63, 3.8) is 0 Å². The number of benzene rings is 1. The lowest BCUT2D eigenvalue weighted by atomic mass is 10.0. The number of aryl methyl sites for hydroxylation is 1. The number of rotatable bonds is 5. The van der Waals surface area contributed by atoms with E-state index in [-0.39, 0.29) is 0 Å². The third-order valence-electron chi connectivity index (χ3n) is 4.07. The van der Waals surface area contributed by atoms with Crippen molar-refractivity contribution in [3.05, 3.63) is 29.3 Å². The minimum atomic E-state index is 0.730. The first kappa shape index (κ1) is 13.4. The van der Waals surface area contributed by atoms with Crippen LogP contribution in [-0.2, 0) is 6.42 Å². The largest absolute Gasteiger partial charge is 0.374 e. The van der Waals surface area contributed by atoms with Gasteiger partial charge in [-0.1, -0.05) is 30.5 Å². The average molecular weight is 246 g/mol. The van der Waals surface area contributed by atoms with Crippen LogP contribution in [0.25, 0.3) is 0 Å². The van der Waals surface area contributed by atoms with E-state index in [2.05, 4.69) is 37.1 Å². The molecule has 0 saturated heterocycles. The Morgan fingerprint density at radius 3 is 2.67 bits per heavy atom. The highest BCUT2D eigenvalue weighted by Gasteiger charge is 2.18. The Morgan fingerprint density at radius 2 is 2.00 bits per heavy atom. The van der Waals surface area contributed by atoms with Gasteiger partial charge >= 0.3 is 0 Å². The first-order valence-corrected chi connectivity index (χ1v) is 7.21. The van der Waals surface area contributed by atoms with E-state index in [1.807, 2.05) is 0 Å². The molecule has 1 aromatic rings. The number of nitrogens with zero attached hydrogens (tertiary/aromatic N) is 1. The fraction of sp³-hybridized carbons (Fsp3) is 0.625. The van der Waals surface area contributed by atoms with Gasteiger partial charge in [-0.2, -0.15) is 0 Å². The second-order valence-electron chi connectivity index (χ2n) is 5.70. The van der Waals surface area contributed by atoms with Crippen LogP contribution >= 0.6 is 0 Å². The number of anilines is 1. The molecule has 0 aromatic heterocycles. The predicted octanol–water partition coefficient (Wildman–Crippen LogP) is 3.12. The smallest absolute Gasteiger partial charge is 0.0396 e. The summed E-state index contributed by atoms with van der Waals surface area (Å²) in [4.78, 5) is 2.43. The maximum Gasteiger partial charge on any atom is 0.0396 e. The van der Waals surface area contributed by atoms with Crippen molar-refractivity contribution < 1.29 is 0 Å². The molecule has 0 radical (unpaired) electrons. The molecule has 1 aliphatic rings. The highest BCUT2D eigenvalue weighted by atomic mass is 15.1. The fourth-order valence-corrected chi connectivity index (χ4v) is 3.12. The molecule has 18 heavy (non-hydrogen) atoms. The van der Waals surface area contributed by atoms with Crippen LogP contribution in [0.2, 0.25) is 0 Å². The van der Waals surface area contributed by atoms with Gasteiger partial charge in [0.15, 0.2) is 0 Å². The van der Waals surface area contributed by atoms with Crippen molar-refractivity contribution in [2.24, 2.45) is 11.7 Å². The summed E-state index contributed by atoms with van der Waals surface area (Å²) in [5, 5.41) is 0. The van der Waals surface area contributed by atoms with Crippen LogP contribution in [0.1, 0.15) is 36.8 Å². The predicted molar refractivity (Wildman–Crippen MR) is 79.2 cm³/mol. The lowest BCUT2D eigenvalue weighted by molar-refractivity contribution is 0.546. The van der Waals surface area contributed by atoms with E-state index in [0.29, 0.717) is 0 Å². The van der Waals surface area contributed by atoms with Gasteiger partial charge in [0.25, 0.3) is 0 Å². The van der Waals surface area contributed by atoms with Gasteiger partial charge in [-0.05, 0) is 50.3 Å². The molecule has 0 unspecified atom stereocenters. The molecule has 100 valence electrons. The topological polar surface area (TPSA) is 29.3 Å². The van der Waals surface area contributed by atoms with Crippen LogP contribution in [0.15, 0.2) is 18.2 Å². The Hall–Kier alpha value is -1.02. The standard InChI is InChI=1S/C16H26N2/c1-13-7-8-16(15(11-13)9-10-17)18(2)12-14-5-3-4-6-14/h7-8,11,14H,3-6,9-10,12,17H2,1-2H3. The molecular weight excluding hydrogens is 220 g/mol. The molecule has 0 heterocycles. The molecule has 1 fully saturated rings. The number of hydrogen-bond acceptors (Lipinski definition) is 2. The third kappa shape index (κ3) is 3.26. The maximum absolute atomic E-state index is 5.72. The van der Waals surface area contributed by atoms with Gasteiger partial charge < -0.3 is 10.6 Å². The van der Waals surface area contributed by atoms with Crippen LogP contribution in [0.4, 0.5) is 5.69 Å². The zero-order chi connectivity index (χ0) is 13.0. The Balaban J connectivity index is 2.09. The summed E-state index contributed by atoms with van der Waals surface area (Å²) in [6.45, 7) is 4.08. The summed E-state index contributed by atoms with van der Waals surface area (Å²) in [7, 11) is 2.23. The van der Waals surface area contributed by atoms with Crippen LogP contribution in [0.5, 0.6) is 0 Å². The summed E-state index contributed by atoms with van der Waals surface area (Å²) in [5.74, 6) is 0.891. The van der Waals surface area contributed by atoms with Crippen molar-refractivity contribution in [1.82, 2.24) is 0 Å². The maximum atomic E-state index is 5.72. The second-order valence-corrected chi connectivity index (χ2v) is 5.70. The molecule has 1 aromatic carbocycles. The monoisotopic (exact) mass is 246 g/mol. The average Bonchev–Trinajstić information content (AvgIpc) is 2.82. The molecule has 0 bridgehead atoms. The third-order valence-corrected chi connectivity index (χ3v) is 4.07. The Labute approximate surface area is 111 Å². The molecule has 0 amide bonds. The van der Waals surface area contributed by atoms with Gasteiger partial charge in [-0.15, -0.1) is 0 Å². The summed E-state index contributed by atoms with van der Waals surface area (Å²) in [6.07, 6.45) is 6.63.